The fraction of sp³-hybridized carbons (Fsp3) is 0.348. The Kier molecular flexibility index (Phi) is 5.60. The molecule has 1 heterocycles. The van der Waals surface area contributed by atoms with E-state index in [4.69, 9.17) is 0 Å². The Hall–Kier alpha value is -3.15. The third kappa shape index (κ3) is 4.31. The van der Waals surface area contributed by atoms with Gasteiger partial charge in [-0.1, -0.05) is 49.6 Å². The molecule has 0 radical (unpaired) electrons. The van der Waals surface area contributed by atoms with Crippen molar-refractivity contribution in [2.75, 3.05) is 0 Å². The molecule has 0 bridgehead atoms. The van der Waals surface area contributed by atoms with E-state index in [9.17, 15) is 14.9 Å². The number of benzene rings is 2. The highest BCUT2D eigenvalue weighted by Gasteiger charge is 2.24. The highest BCUT2D eigenvalue weighted by molar-refractivity contribution is 5.86. The molecule has 0 saturated heterocycles. The molecular formula is C23H25N3O3. The minimum absolute atomic E-state index is 0.00122. The third-order valence-corrected chi connectivity index (χ3v) is 5.84. The topological polar surface area (TPSA) is 88.0 Å². The van der Waals surface area contributed by atoms with Crippen molar-refractivity contribution in [3.63, 3.8) is 0 Å². The lowest BCUT2D eigenvalue weighted by Crippen LogP contribution is -2.36. The summed E-state index contributed by atoms with van der Waals surface area (Å²) in [4.78, 5) is 27.0. The minimum atomic E-state index is -0.391. The van der Waals surface area contributed by atoms with E-state index < -0.39 is 4.92 Å². The van der Waals surface area contributed by atoms with Crippen molar-refractivity contribution in [1.29, 1.82) is 0 Å². The summed E-state index contributed by atoms with van der Waals surface area (Å²) in [7, 11) is 0. The smallest absolute Gasteiger partial charge is 0.269 e. The van der Waals surface area contributed by atoms with Crippen molar-refractivity contribution in [1.82, 2.24) is 10.3 Å². The SMILES string of the molecule is O=C(C[C@@H](c1cccc([N+](=O)[O-])c1)c1c[nH]c2ccccc12)NC1CCCCC1. The predicted molar refractivity (Wildman–Crippen MR) is 113 cm³/mol. The first-order chi connectivity index (χ1) is 14.1. The molecule has 1 aromatic heterocycles. The molecule has 0 spiro atoms. The fourth-order valence-corrected chi connectivity index (χ4v) is 4.36. The zero-order valence-electron chi connectivity index (χ0n) is 16.3. The molecule has 1 aliphatic rings. The Morgan fingerprint density at radius 1 is 1.14 bits per heavy atom. The number of rotatable bonds is 6. The molecule has 1 saturated carbocycles. The Balaban J connectivity index is 1.66. The van der Waals surface area contributed by atoms with Gasteiger partial charge in [-0.15, -0.1) is 0 Å². The van der Waals surface area contributed by atoms with Crippen LogP contribution in [0.1, 0.15) is 55.6 Å². The van der Waals surface area contributed by atoms with Crippen molar-refractivity contribution >= 4 is 22.5 Å². The lowest BCUT2D eigenvalue weighted by Gasteiger charge is -2.24. The number of nitrogens with one attached hydrogen (secondary N) is 2. The quantitative estimate of drug-likeness (QED) is 0.455. The number of fused-ring (bicyclic) bond motifs is 1. The number of hydrogen-bond acceptors (Lipinski definition) is 3. The molecule has 2 N–H and O–H groups in total. The number of H-pyrrole nitrogens is 1. The van der Waals surface area contributed by atoms with E-state index in [1.165, 1.54) is 12.5 Å². The van der Waals surface area contributed by atoms with Gasteiger partial charge in [0.1, 0.15) is 0 Å². The van der Waals surface area contributed by atoms with Crippen molar-refractivity contribution in [2.24, 2.45) is 0 Å². The number of non-ortho nitro benzene ring substituents is 1. The summed E-state index contributed by atoms with van der Waals surface area (Å²) in [6.07, 6.45) is 7.78. The van der Waals surface area contributed by atoms with Gasteiger partial charge < -0.3 is 10.3 Å². The van der Waals surface area contributed by atoms with Crippen LogP contribution in [0.2, 0.25) is 0 Å². The fourth-order valence-electron chi connectivity index (χ4n) is 4.36. The largest absolute Gasteiger partial charge is 0.361 e. The molecule has 1 fully saturated rings. The van der Waals surface area contributed by atoms with E-state index in [0.29, 0.717) is 0 Å². The second-order valence-electron chi connectivity index (χ2n) is 7.80. The Labute approximate surface area is 169 Å². The second-order valence-corrected chi connectivity index (χ2v) is 7.80. The minimum Gasteiger partial charge on any atom is -0.361 e. The molecule has 0 unspecified atom stereocenters. The highest BCUT2D eigenvalue weighted by atomic mass is 16.6. The van der Waals surface area contributed by atoms with Crippen LogP contribution in [-0.2, 0) is 4.79 Å². The third-order valence-electron chi connectivity index (χ3n) is 5.84. The molecule has 1 amide bonds. The molecule has 0 aliphatic heterocycles. The van der Waals surface area contributed by atoms with E-state index in [-0.39, 0.29) is 30.0 Å². The molecule has 3 aromatic rings. The van der Waals surface area contributed by atoms with Gasteiger partial charge in [0.2, 0.25) is 5.91 Å². The van der Waals surface area contributed by atoms with Gasteiger partial charge in [0, 0.05) is 47.6 Å². The van der Waals surface area contributed by atoms with Crippen LogP contribution in [0.15, 0.2) is 54.7 Å². The van der Waals surface area contributed by atoms with Crippen LogP contribution < -0.4 is 5.32 Å². The van der Waals surface area contributed by atoms with Crippen LogP contribution in [0.25, 0.3) is 10.9 Å². The van der Waals surface area contributed by atoms with Crippen LogP contribution in [0, 0.1) is 10.1 Å². The molecule has 1 atom stereocenters. The Morgan fingerprint density at radius 3 is 2.72 bits per heavy atom. The number of nitro groups is 1. The van der Waals surface area contributed by atoms with E-state index >= 15 is 0 Å². The van der Waals surface area contributed by atoms with Gasteiger partial charge in [0.05, 0.1) is 4.92 Å². The lowest BCUT2D eigenvalue weighted by molar-refractivity contribution is -0.384. The number of para-hydroxylation sites is 1. The average Bonchev–Trinajstić information content (AvgIpc) is 3.17. The number of nitrogens with zero attached hydrogens (tertiary/aromatic N) is 1. The summed E-state index contributed by atoms with van der Waals surface area (Å²) in [5.41, 5.74) is 2.80. The van der Waals surface area contributed by atoms with Crippen molar-refractivity contribution in [3.05, 3.63) is 76.0 Å². The standard InChI is InChI=1S/C23H25N3O3/c27-23(25-17-8-2-1-3-9-17)14-20(16-7-6-10-18(13-16)26(28)29)21-15-24-22-12-5-4-11-19(21)22/h4-7,10-13,15,17,20,24H,1-3,8-9,14H2,(H,25,27)/t20-/m0/s1. The van der Waals surface area contributed by atoms with Crippen molar-refractivity contribution in [3.8, 4) is 0 Å². The average molecular weight is 391 g/mol. The van der Waals surface area contributed by atoms with Gasteiger partial charge in [-0.3, -0.25) is 14.9 Å². The zero-order chi connectivity index (χ0) is 20.2. The van der Waals surface area contributed by atoms with Crippen LogP contribution >= 0.6 is 0 Å². The lowest BCUT2D eigenvalue weighted by atomic mass is 9.87. The van der Waals surface area contributed by atoms with E-state index in [1.807, 2.05) is 36.5 Å². The molecule has 2 aromatic carbocycles. The number of carbonyl (C=O) groups excluding carboxylic acids is 1. The summed E-state index contributed by atoms with van der Waals surface area (Å²) in [5.74, 6) is -0.256. The first-order valence-corrected chi connectivity index (χ1v) is 10.2. The Bertz CT molecular complexity index is 1020. The number of aromatic nitrogens is 1. The first-order valence-electron chi connectivity index (χ1n) is 10.2. The maximum atomic E-state index is 12.9. The molecule has 1 aliphatic carbocycles. The summed E-state index contributed by atoms with van der Waals surface area (Å²) < 4.78 is 0. The van der Waals surface area contributed by atoms with Gasteiger partial charge in [0.25, 0.3) is 5.69 Å². The summed E-state index contributed by atoms with van der Waals surface area (Å²) in [6.45, 7) is 0. The van der Waals surface area contributed by atoms with Crippen LogP contribution in [0.4, 0.5) is 5.69 Å². The molecule has 29 heavy (non-hydrogen) atoms. The molecular weight excluding hydrogens is 366 g/mol. The van der Waals surface area contributed by atoms with Gasteiger partial charge in [-0.25, -0.2) is 0 Å². The Morgan fingerprint density at radius 2 is 1.93 bits per heavy atom. The van der Waals surface area contributed by atoms with Crippen molar-refractivity contribution in [2.45, 2.75) is 50.5 Å². The maximum Gasteiger partial charge on any atom is 0.269 e. The van der Waals surface area contributed by atoms with E-state index in [2.05, 4.69) is 10.3 Å². The van der Waals surface area contributed by atoms with Crippen LogP contribution in [0.5, 0.6) is 0 Å². The van der Waals surface area contributed by atoms with E-state index in [1.54, 1.807) is 12.1 Å². The summed E-state index contributed by atoms with van der Waals surface area (Å²) in [5, 5.41) is 15.5. The number of hydrogen-bond donors (Lipinski definition) is 2. The predicted octanol–water partition coefficient (Wildman–Crippen LogP) is 5.05. The highest BCUT2D eigenvalue weighted by Crippen LogP contribution is 2.35. The molecule has 6 heteroatoms. The molecule has 150 valence electrons. The number of amides is 1. The van der Waals surface area contributed by atoms with Gasteiger partial charge in [-0.05, 0) is 30.0 Å². The van der Waals surface area contributed by atoms with E-state index in [0.717, 1.165) is 47.7 Å². The first kappa shape index (κ1) is 19.2. The summed E-state index contributed by atoms with van der Waals surface area (Å²) >= 11 is 0. The second kappa shape index (κ2) is 8.47. The summed E-state index contributed by atoms with van der Waals surface area (Å²) in [6, 6.07) is 14.8. The maximum absolute atomic E-state index is 12.9. The van der Waals surface area contributed by atoms with Gasteiger partial charge in [-0.2, -0.15) is 0 Å². The van der Waals surface area contributed by atoms with Gasteiger partial charge >= 0.3 is 0 Å². The van der Waals surface area contributed by atoms with Crippen LogP contribution in [-0.4, -0.2) is 21.9 Å². The number of nitro benzene ring substituents is 1. The monoisotopic (exact) mass is 391 g/mol. The van der Waals surface area contributed by atoms with Gasteiger partial charge in [0.15, 0.2) is 0 Å². The molecule has 4 rings (SSSR count). The van der Waals surface area contributed by atoms with Crippen molar-refractivity contribution < 1.29 is 9.72 Å². The normalized spacial score (nSPS) is 15.9. The number of carbonyl (C=O) groups is 1. The number of aromatic amines is 1. The molecule has 6 nitrogen and oxygen atoms in total. The zero-order valence-corrected chi connectivity index (χ0v) is 16.3. The van der Waals surface area contributed by atoms with Crippen LogP contribution in [0.3, 0.4) is 0 Å².